The van der Waals surface area contributed by atoms with Crippen LogP contribution in [0.25, 0.3) is 10.2 Å². The van der Waals surface area contributed by atoms with Gasteiger partial charge in [-0.3, -0.25) is 4.79 Å². The summed E-state index contributed by atoms with van der Waals surface area (Å²) < 4.78 is 0. The molecule has 0 atom stereocenters. The highest BCUT2D eigenvalue weighted by atomic mass is 32.1. The Morgan fingerprint density at radius 1 is 1.11 bits per heavy atom. The van der Waals surface area contributed by atoms with Crippen LogP contribution >= 0.6 is 11.3 Å². The number of anilines is 1. The fourth-order valence-corrected chi connectivity index (χ4v) is 4.60. The maximum Gasteiger partial charge on any atom is 0.227 e. The van der Waals surface area contributed by atoms with Crippen molar-refractivity contribution in [3.8, 4) is 0 Å². The van der Waals surface area contributed by atoms with Gasteiger partial charge in [-0.1, -0.05) is 43.7 Å². The fraction of sp³-hybridized carbons (Fsp3) is 0.381. The van der Waals surface area contributed by atoms with E-state index >= 15 is 0 Å². The van der Waals surface area contributed by atoms with Crippen molar-refractivity contribution >= 4 is 33.3 Å². The van der Waals surface area contributed by atoms with Gasteiger partial charge in [0.15, 0.2) is 0 Å². The van der Waals surface area contributed by atoms with Crippen molar-refractivity contribution in [1.29, 1.82) is 0 Å². The molecule has 4 rings (SSSR count). The second kappa shape index (κ2) is 8.05. The summed E-state index contributed by atoms with van der Waals surface area (Å²) >= 11 is 1.70. The Bertz CT molecular complexity index is 916. The van der Waals surface area contributed by atoms with E-state index in [-0.39, 0.29) is 5.91 Å². The predicted molar refractivity (Wildman–Crippen MR) is 110 cm³/mol. The number of benzene rings is 1. The number of carbonyl (C=O) groups is 1. The number of thiophene rings is 1. The van der Waals surface area contributed by atoms with E-state index in [4.69, 9.17) is 0 Å². The number of fused-ring (bicyclic) bond motifs is 1. The molecular weight excluding hydrogens is 356 g/mol. The zero-order valence-corrected chi connectivity index (χ0v) is 16.4. The number of amides is 1. The Morgan fingerprint density at radius 2 is 1.89 bits per heavy atom. The molecule has 0 radical (unpaired) electrons. The van der Waals surface area contributed by atoms with Crippen LogP contribution in [0.4, 0.5) is 5.82 Å². The summed E-state index contributed by atoms with van der Waals surface area (Å²) in [6, 6.07) is 9.97. The van der Waals surface area contributed by atoms with E-state index < -0.39 is 0 Å². The van der Waals surface area contributed by atoms with Crippen LogP contribution in [0.2, 0.25) is 0 Å². The maximum atomic E-state index is 12.6. The minimum Gasteiger partial charge on any atom is -0.352 e. The van der Waals surface area contributed by atoms with Crippen molar-refractivity contribution in [2.45, 2.75) is 26.2 Å². The molecule has 0 unspecified atom stereocenters. The van der Waals surface area contributed by atoms with E-state index in [1.165, 1.54) is 10.9 Å². The van der Waals surface area contributed by atoms with Crippen LogP contribution in [0.3, 0.4) is 0 Å². The zero-order chi connectivity index (χ0) is 18.6. The molecule has 3 heterocycles. The Kier molecular flexibility index (Phi) is 5.34. The number of aryl methyl sites for hydroxylation is 1. The molecule has 3 aromatic rings. The van der Waals surface area contributed by atoms with Crippen molar-refractivity contribution in [1.82, 2.24) is 14.9 Å². The quantitative estimate of drug-likeness (QED) is 0.679. The molecule has 1 amide bonds. The van der Waals surface area contributed by atoms with Crippen molar-refractivity contribution < 1.29 is 4.79 Å². The van der Waals surface area contributed by atoms with Crippen LogP contribution in [0, 0.1) is 0 Å². The number of aromatic nitrogens is 2. The van der Waals surface area contributed by atoms with Crippen molar-refractivity contribution in [3.05, 3.63) is 53.2 Å². The molecule has 1 saturated heterocycles. The third kappa shape index (κ3) is 3.81. The second-order valence-electron chi connectivity index (χ2n) is 6.92. The van der Waals surface area contributed by atoms with E-state index in [0.717, 1.165) is 55.2 Å². The Morgan fingerprint density at radius 3 is 2.63 bits per heavy atom. The number of piperazine rings is 1. The number of rotatable bonds is 5. The summed E-state index contributed by atoms with van der Waals surface area (Å²) in [6.45, 7) is 5.31. The molecule has 140 valence electrons. The van der Waals surface area contributed by atoms with Gasteiger partial charge in [0.2, 0.25) is 5.91 Å². The standard InChI is InChI=1S/C21H24N4OS/c1-2-6-17-14-27-21-19(17)20(22-15-23-21)25-11-9-24(10-12-25)18(26)13-16-7-4-3-5-8-16/h3-5,7-8,14-15H,2,6,9-13H2,1H3. The summed E-state index contributed by atoms with van der Waals surface area (Å²) in [5.74, 6) is 1.23. The molecule has 0 N–H and O–H groups in total. The van der Waals surface area contributed by atoms with Gasteiger partial charge in [-0.25, -0.2) is 9.97 Å². The zero-order valence-electron chi connectivity index (χ0n) is 15.6. The van der Waals surface area contributed by atoms with Gasteiger partial charge in [0.1, 0.15) is 17.0 Å². The summed E-state index contributed by atoms with van der Waals surface area (Å²) in [7, 11) is 0. The fourth-order valence-electron chi connectivity index (χ4n) is 3.66. The lowest BCUT2D eigenvalue weighted by molar-refractivity contribution is -0.130. The van der Waals surface area contributed by atoms with E-state index in [1.807, 2.05) is 35.2 Å². The summed E-state index contributed by atoms with van der Waals surface area (Å²) in [5, 5.41) is 3.42. The van der Waals surface area contributed by atoms with Gasteiger partial charge in [0, 0.05) is 26.2 Å². The maximum absolute atomic E-state index is 12.6. The van der Waals surface area contributed by atoms with Gasteiger partial charge >= 0.3 is 0 Å². The van der Waals surface area contributed by atoms with Crippen LogP contribution in [-0.2, 0) is 17.6 Å². The lowest BCUT2D eigenvalue weighted by Crippen LogP contribution is -2.49. The van der Waals surface area contributed by atoms with Gasteiger partial charge in [-0.15, -0.1) is 11.3 Å². The largest absolute Gasteiger partial charge is 0.352 e. The van der Waals surface area contributed by atoms with E-state index in [1.54, 1.807) is 17.7 Å². The Hall–Kier alpha value is -2.47. The molecule has 0 aliphatic carbocycles. The van der Waals surface area contributed by atoms with Crippen LogP contribution in [0.1, 0.15) is 24.5 Å². The minimum atomic E-state index is 0.205. The third-order valence-corrected chi connectivity index (χ3v) is 6.01. The molecule has 1 aliphatic rings. The number of carbonyl (C=O) groups excluding carboxylic acids is 1. The van der Waals surface area contributed by atoms with Crippen molar-refractivity contribution in [2.24, 2.45) is 0 Å². The van der Waals surface area contributed by atoms with Gasteiger partial charge in [0.05, 0.1) is 11.8 Å². The van der Waals surface area contributed by atoms with E-state index in [2.05, 4.69) is 27.2 Å². The molecule has 1 fully saturated rings. The summed E-state index contributed by atoms with van der Waals surface area (Å²) in [6.07, 6.45) is 4.30. The van der Waals surface area contributed by atoms with Crippen molar-refractivity contribution in [2.75, 3.05) is 31.1 Å². The average Bonchev–Trinajstić information content (AvgIpc) is 3.12. The lowest BCUT2D eigenvalue weighted by Gasteiger charge is -2.35. The average molecular weight is 381 g/mol. The smallest absolute Gasteiger partial charge is 0.227 e. The predicted octanol–water partition coefficient (Wildman–Crippen LogP) is 3.54. The molecule has 0 saturated carbocycles. The topological polar surface area (TPSA) is 49.3 Å². The normalized spacial score (nSPS) is 14.7. The second-order valence-corrected chi connectivity index (χ2v) is 7.78. The third-order valence-electron chi connectivity index (χ3n) is 5.08. The Labute approximate surface area is 163 Å². The summed E-state index contributed by atoms with van der Waals surface area (Å²) in [4.78, 5) is 27.0. The van der Waals surface area contributed by atoms with Gasteiger partial charge < -0.3 is 9.80 Å². The molecule has 2 aromatic heterocycles. The number of nitrogens with zero attached hydrogens (tertiary/aromatic N) is 4. The summed E-state index contributed by atoms with van der Waals surface area (Å²) in [5.41, 5.74) is 2.42. The molecule has 1 aromatic carbocycles. The molecule has 0 bridgehead atoms. The molecule has 1 aliphatic heterocycles. The lowest BCUT2D eigenvalue weighted by atomic mass is 10.1. The molecule has 0 spiro atoms. The highest BCUT2D eigenvalue weighted by molar-refractivity contribution is 7.17. The highest BCUT2D eigenvalue weighted by Crippen LogP contribution is 2.32. The van der Waals surface area contributed by atoms with Crippen molar-refractivity contribution in [3.63, 3.8) is 0 Å². The van der Waals surface area contributed by atoms with Crippen LogP contribution in [0.15, 0.2) is 42.0 Å². The highest BCUT2D eigenvalue weighted by Gasteiger charge is 2.24. The van der Waals surface area contributed by atoms with Crippen LogP contribution in [0.5, 0.6) is 0 Å². The van der Waals surface area contributed by atoms with Gasteiger partial charge in [0.25, 0.3) is 0 Å². The minimum absolute atomic E-state index is 0.205. The first-order valence-electron chi connectivity index (χ1n) is 9.54. The first kappa shape index (κ1) is 17.9. The molecule has 6 heteroatoms. The Balaban J connectivity index is 1.46. The SMILES string of the molecule is CCCc1csc2ncnc(N3CCN(C(=O)Cc4ccccc4)CC3)c12. The van der Waals surface area contributed by atoms with Gasteiger partial charge in [-0.2, -0.15) is 0 Å². The first-order valence-corrected chi connectivity index (χ1v) is 10.4. The molecule has 27 heavy (non-hydrogen) atoms. The van der Waals surface area contributed by atoms with Crippen LogP contribution in [-0.4, -0.2) is 47.0 Å². The van der Waals surface area contributed by atoms with Crippen LogP contribution < -0.4 is 4.90 Å². The first-order chi connectivity index (χ1) is 13.3. The molecule has 5 nitrogen and oxygen atoms in total. The monoisotopic (exact) mass is 380 g/mol. The van der Waals surface area contributed by atoms with E-state index in [9.17, 15) is 4.79 Å². The van der Waals surface area contributed by atoms with E-state index in [0.29, 0.717) is 6.42 Å². The molecular formula is C21H24N4OS. The number of hydrogen-bond donors (Lipinski definition) is 0. The number of hydrogen-bond acceptors (Lipinski definition) is 5. The van der Waals surface area contributed by atoms with Gasteiger partial charge in [-0.05, 0) is 22.9 Å².